The molecular formula is C49H94O6. The van der Waals surface area contributed by atoms with Crippen molar-refractivity contribution in [1.29, 1.82) is 0 Å². The van der Waals surface area contributed by atoms with Crippen molar-refractivity contribution >= 4 is 17.9 Å². The summed E-state index contributed by atoms with van der Waals surface area (Å²) in [5.41, 5.74) is 0. The molecule has 1 atom stereocenters. The van der Waals surface area contributed by atoms with Gasteiger partial charge in [-0.2, -0.15) is 0 Å². The van der Waals surface area contributed by atoms with Crippen LogP contribution in [0, 0.1) is 11.8 Å². The van der Waals surface area contributed by atoms with Crippen molar-refractivity contribution in [3.8, 4) is 0 Å². The zero-order chi connectivity index (χ0) is 40.5. The van der Waals surface area contributed by atoms with Gasteiger partial charge in [-0.25, -0.2) is 0 Å². The normalized spacial score (nSPS) is 12.1. The van der Waals surface area contributed by atoms with Gasteiger partial charge >= 0.3 is 17.9 Å². The molecule has 0 aromatic heterocycles. The molecule has 0 unspecified atom stereocenters. The summed E-state index contributed by atoms with van der Waals surface area (Å²) in [5.74, 6) is 0.786. The number of unbranched alkanes of at least 4 members (excludes halogenated alkanes) is 28. The maximum absolute atomic E-state index is 12.7. The van der Waals surface area contributed by atoms with Gasteiger partial charge in [-0.3, -0.25) is 14.4 Å². The number of ether oxygens (including phenoxy) is 3. The van der Waals surface area contributed by atoms with Gasteiger partial charge in [0.05, 0.1) is 0 Å². The maximum atomic E-state index is 12.7. The van der Waals surface area contributed by atoms with Crippen molar-refractivity contribution in [3.05, 3.63) is 0 Å². The Balaban J connectivity index is 4.31. The van der Waals surface area contributed by atoms with Crippen molar-refractivity contribution in [2.24, 2.45) is 11.8 Å². The van der Waals surface area contributed by atoms with Crippen molar-refractivity contribution in [3.63, 3.8) is 0 Å². The molecule has 0 bridgehead atoms. The lowest BCUT2D eigenvalue weighted by Crippen LogP contribution is -2.30. The molecule has 0 N–H and O–H groups in total. The third-order valence-corrected chi connectivity index (χ3v) is 11.0. The fourth-order valence-electron chi connectivity index (χ4n) is 7.28. The number of esters is 3. The van der Waals surface area contributed by atoms with Crippen LogP contribution in [0.2, 0.25) is 0 Å². The summed E-state index contributed by atoms with van der Waals surface area (Å²) < 4.78 is 16.7. The first kappa shape index (κ1) is 53.4. The minimum Gasteiger partial charge on any atom is -0.462 e. The van der Waals surface area contributed by atoms with Crippen LogP contribution >= 0.6 is 0 Å². The van der Waals surface area contributed by atoms with Gasteiger partial charge in [0.2, 0.25) is 0 Å². The first-order valence-corrected chi connectivity index (χ1v) is 24.2. The number of hydrogen-bond donors (Lipinski definition) is 0. The molecule has 0 aliphatic rings. The van der Waals surface area contributed by atoms with Crippen molar-refractivity contribution in [1.82, 2.24) is 0 Å². The predicted molar refractivity (Wildman–Crippen MR) is 233 cm³/mol. The lowest BCUT2D eigenvalue weighted by atomic mass is 10.0. The Labute approximate surface area is 342 Å². The molecule has 55 heavy (non-hydrogen) atoms. The van der Waals surface area contributed by atoms with Crippen LogP contribution in [0.15, 0.2) is 0 Å². The average molecular weight is 779 g/mol. The third-order valence-electron chi connectivity index (χ3n) is 11.0. The Kier molecular flexibility index (Phi) is 40.8. The van der Waals surface area contributed by atoms with E-state index < -0.39 is 6.10 Å². The molecule has 6 nitrogen and oxygen atoms in total. The second kappa shape index (κ2) is 42.0. The fraction of sp³-hybridized carbons (Fsp3) is 0.939. The molecule has 326 valence electrons. The van der Waals surface area contributed by atoms with E-state index in [0.29, 0.717) is 19.3 Å². The summed E-state index contributed by atoms with van der Waals surface area (Å²) in [5, 5.41) is 0. The summed E-state index contributed by atoms with van der Waals surface area (Å²) >= 11 is 0. The monoisotopic (exact) mass is 779 g/mol. The molecule has 0 saturated heterocycles. The Morgan fingerprint density at radius 3 is 0.891 bits per heavy atom. The molecule has 0 aromatic rings. The second-order valence-electron chi connectivity index (χ2n) is 17.7. The van der Waals surface area contributed by atoms with Crippen LogP contribution < -0.4 is 0 Å². The molecule has 0 amide bonds. The first-order chi connectivity index (χ1) is 26.7. The highest BCUT2D eigenvalue weighted by Crippen LogP contribution is 2.17. The summed E-state index contributed by atoms with van der Waals surface area (Å²) in [4.78, 5) is 37.8. The van der Waals surface area contributed by atoms with E-state index in [4.69, 9.17) is 14.2 Å². The number of rotatable bonds is 43. The van der Waals surface area contributed by atoms with Crippen molar-refractivity contribution in [2.75, 3.05) is 13.2 Å². The van der Waals surface area contributed by atoms with Gasteiger partial charge in [0.15, 0.2) is 6.10 Å². The van der Waals surface area contributed by atoms with Crippen LogP contribution in [0.1, 0.15) is 266 Å². The Morgan fingerprint density at radius 1 is 0.345 bits per heavy atom. The first-order valence-electron chi connectivity index (χ1n) is 24.2. The van der Waals surface area contributed by atoms with E-state index in [-0.39, 0.29) is 31.1 Å². The van der Waals surface area contributed by atoms with Crippen LogP contribution in [-0.2, 0) is 28.6 Å². The molecule has 0 saturated carbocycles. The minimum absolute atomic E-state index is 0.0645. The Hall–Kier alpha value is -1.59. The topological polar surface area (TPSA) is 78.9 Å². The Bertz CT molecular complexity index is 839. The maximum Gasteiger partial charge on any atom is 0.306 e. The summed E-state index contributed by atoms with van der Waals surface area (Å²) in [7, 11) is 0. The molecule has 6 heteroatoms. The molecular weight excluding hydrogens is 685 g/mol. The van der Waals surface area contributed by atoms with E-state index in [2.05, 4.69) is 34.6 Å². The highest BCUT2D eigenvalue weighted by atomic mass is 16.6. The van der Waals surface area contributed by atoms with E-state index in [1.54, 1.807) is 0 Å². The number of carbonyl (C=O) groups is 3. The van der Waals surface area contributed by atoms with Crippen LogP contribution in [0.5, 0.6) is 0 Å². The lowest BCUT2D eigenvalue weighted by molar-refractivity contribution is -0.167. The van der Waals surface area contributed by atoms with Gasteiger partial charge in [-0.1, -0.05) is 227 Å². The van der Waals surface area contributed by atoms with Crippen molar-refractivity contribution in [2.45, 2.75) is 272 Å². The van der Waals surface area contributed by atoms with Gasteiger partial charge in [0.25, 0.3) is 0 Å². The van der Waals surface area contributed by atoms with E-state index in [1.165, 1.54) is 154 Å². The average Bonchev–Trinajstić information content (AvgIpc) is 3.15. The van der Waals surface area contributed by atoms with Crippen LogP contribution in [0.3, 0.4) is 0 Å². The van der Waals surface area contributed by atoms with Gasteiger partial charge in [-0.15, -0.1) is 0 Å². The summed E-state index contributed by atoms with van der Waals surface area (Å²) in [6, 6.07) is 0. The van der Waals surface area contributed by atoms with E-state index in [1.807, 2.05) is 0 Å². The number of carbonyl (C=O) groups excluding carboxylic acids is 3. The summed E-state index contributed by atoms with van der Waals surface area (Å²) in [6.07, 6.45) is 40.9. The molecule has 0 aliphatic carbocycles. The smallest absolute Gasteiger partial charge is 0.306 e. The zero-order valence-electron chi connectivity index (χ0n) is 37.6. The molecule has 0 heterocycles. The molecule has 0 aromatic carbocycles. The van der Waals surface area contributed by atoms with E-state index >= 15 is 0 Å². The molecule has 0 aliphatic heterocycles. The minimum atomic E-state index is -0.760. The largest absolute Gasteiger partial charge is 0.462 e. The third kappa shape index (κ3) is 43.4. The SMILES string of the molecule is CCCCCCCCCCCCC(=O)OC[C@H](COC(=O)CCCCCCCCCCCC(C)C)OC(=O)CCCCCCCCCCCCCCC(C)C. The van der Waals surface area contributed by atoms with Crippen molar-refractivity contribution < 1.29 is 28.6 Å². The van der Waals surface area contributed by atoms with Gasteiger partial charge in [-0.05, 0) is 31.1 Å². The molecule has 0 fully saturated rings. The van der Waals surface area contributed by atoms with Gasteiger partial charge in [0.1, 0.15) is 13.2 Å². The van der Waals surface area contributed by atoms with Crippen LogP contribution in [-0.4, -0.2) is 37.2 Å². The highest BCUT2D eigenvalue weighted by molar-refractivity contribution is 5.71. The van der Waals surface area contributed by atoms with Gasteiger partial charge < -0.3 is 14.2 Å². The zero-order valence-corrected chi connectivity index (χ0v) is 37.6. The van der Waals surface area contributed by atoms with Crippen LogP contribution in [0.4, 0.5) is 0 Å². The highest BCUT2D eigenvalue weighted by Gasteiger charge is 2.19. The summed E-state index contributed by atoms with van der Waals surface area (Å²) in [6.45, 7) is 11.3. The standard InChI is InChI=1S/C49H94O6/c1-6-7-8-9-10-11-19-24-29-34-39-47(50)53-42-46(43-54-48(51)40-35-30-25-21-16-18-23-28-33-38-45(4)5)55-49(52)41-36-31-26-20-15-13-12-14-17-22-27-32-37-44(2)3/h44-46H,6-43H2,1-5H3/t46-/m1/s1. The van der Waals surface area contributed by atoms with Gasteiger partial charge in [0, 0.05) is 19.3 Å². The number of hydrogen-bond acceptors (Lipinski definition) is 6. The van der Waals surface area contributed by atoms with E-state index in [9.17, 15) is 14.4 Å². The quantitative estimate of drug-likeness (QED) is 0.0348. The Morgan fingerprint density at radius 2 is 0.600 bits per heavy atom. The second-order valence-corrected chi connectivity index (χ2v) is 17.7. The fourth-order valence-corrected chi connectivity index (χ4v) is 7.28. The molecule has 0 spiro atoms. The predicted octanol–water partition coefficient (Wildman–Crippen LogP) is 15.4. The lowest BCUT2D eigenvalue weighted by Gasteiger charge is -2.18. The molecule has 0 radical (unpaired) electrons. The van der Waals surface area contributed by atoms with Crippen LogP contribution in [0.25, 0.3) is 0 Å². The molecule has 0 rings (SSSR count). The van der Waals surface area contributed by atoms with E-state index in [0.717, 1.165) is 69.6 Å².